The first-order valence-corrected chi connectivity index (χ1v) is 6.86. The fourth-order valence-electron chi connectivity index (χ4n) is 2.82. The van der Waals surface area contributed by atoms with Gasteiger partial charge >= 0.3 is 0 Å². The predicted octanol–water partition coefficient (Wildman–Crippen LogP) is 2.91. The second-order valence-corrected chi connectivity index (χ2v) is 5.96. The van der Waals surface area contributed by atoms with Crippen LogP contribution in [0.3, 0.4) is 0 Å². The maximum atomic E-state index is 13.7. The van der Waals surface area contributed by atoms with E-state index >= 15 is 0 Å². The van der Waals surface area contributed by atoms with Crippen molar-refractivity contribution >= 4 is 0 Å². The summed E-state index contributed by atoms with van der Waals surface area (Å²) in [4.78, 5) is 2.21. The molecule has 106 valence electrons. The number of halogens is 2. The number of nitrogens with two attached hydrogens (primary N) is 1. The minimum absolute atomic E-state index is 0.395. The molecule has 1 aromatic rings. The van der Waals surface area contributed by atoms with Crippen LogP contribution in [0.2, 0.25) is 0 Å². The van der Waals surface area contributed by atoms with Gasteiger partial charge in [0.05, 0.1) is 5.66 Å². The van der Waals surface area contributed by atoms with E-state index in [4.69, 9.17) is 5.73 Å². The van der Waals surface area contributed by atoms with E-state index in [2.05, 4.69) is 11.8 Å². The van der Waals surface area contributed by atoms with Crippen LogP contribution in [-0.2, 0) is 6.42 Å². The third-order valence-corrected chi connectivity index (χ3v) is 3.94. The molecule has 0 aliphatic carbocycles. The molecule has 0 bridgehead atoms. The number of benzene rings is 1. The molecule has 2 atom stereocenters. The quantitative estimate of drug-likeness (QED) is 0.913. The summed E-state index contributed by atoms with van der Waals surface area (Å²) in [6.07, 6.45) is 2.74. The molecule has 1 heterocycles. The van der Waals surface area contributed by atoms with Gasteiger partial charge in [-0.05, 0) is 43.9 Å². The van der Waals surface area contributed by atoms with E-state index in [0.717, 1.165) is 25.6 Å². The van der Waals surface area contributed by atoms with Crippen molar-refractivity contribution in [2.45, 2.75) is 38.8 Å². The maximum Gasteiger partial charge on any atom is 0.129 e. The van der Waals surface area contributed by atoms with Gasteiger partial charge in [-0.1, -0.05) is 13.0 Å². The highest BCUT2D eigenvalue weighted by Gasteiger charge is 2.31. The first-order valence-electron chi connectivity index (χ1n) is 6.86. The number of nitrogens with zero attached hydrogens (tertiary/aromatic N) is 1. The molecule has 19 heavy (non-hydrogen) atoms. The van der Waals surface area contributed by atoms with E-state index in [1.165, 1.54) is 18.6 Å². The monoisotopic (exact) mass is 268 g/mol. The lowest BCUT2D eigenvalue weighted by Gasteiger charge is -2.42. The number of likely N-dealkylation sites (tertiary alicyclic amines) is 1. The minimum atomic E-state index is -0.590. The molecule has 0 aromatic heterocycles. The van der Waals surface area contributed by atoms with Gasteiger partial charge < -0.3 is 5.73 Å². The van der Waals surface area contributed by atoms with Crippen molar-refractivity contribution in [3.8, 4) is 0 Å². The van der Waals surface area contributed by atoms with E-state index in [1.807, 2.05) is 6.92 Å². The zero-order valence-corrected chi connectivity index (χ0v) is 11.6. The largest absolute Gasteiger partial charge is 0.313 e. The molecule has 0 radical (unpaired) electrons. The first kappa shape index (κ1) is 14.4. The molecule has 2 unspecified atom stereocenters. The summed E-state index contributed by atoms with van der Waals surface area (Å²) in [5, 5.41) is 0. The summed E-state index contributed by atoms with van der Waals surface area (Å²) < 4.78 is 26.6. The summed E-state index contributed by atoms with van der Waals surface area (Å²) in [6, 6.07) is 3.70. The minimum Gasteiger partial charge on any atom is -0.313 e. The fourth-order valence-corrected chi connectivity index (χ4v) is 2.82. The Hall–Kier alpha value is -1.00. The summed E-state index contributed by atoms with van der Waals surface area (Å²) in [5.74, 6) is -0.442. The summed E-state index contributed by atoms with van der Waals surface area (Å²) in [6.45, 7) is 6.02. The van der Waals surface area contributed by atoms with Gasteiger partial charge in [0, 0.05) is 19.0 Å². The second-order valence-electron chi connectivity index (χ2n) is 5.96. The predicted molar refractivity (Wildman–Crippen MR) is 72.6 cm³/mol. The highest BCUT2D eigenvalue weighted by Crippen LogP contribution is 2.24. The lowest BCUT2D eigenvalue weighted by atomic mass is 9.93. The molecule has 2 N–H and O–H groups in total. The van der Waals surface area contributed by atoms with E-state index in [-0.39, 0.29) is 0 Å². The lowest BCUT2D eigenvalue weighted by Crippen LogP contribution is -2.58. The Labute approximate surface area is 113 Å². The Morgan fingerprint density at radius 2 is 2.16 bits per heavy atom. The van der Waals surface area contributed by atoms with Gasteiger partial charge in [0.1, 0.15) is 11.6 Å². The summed E-state index contributed by atoms with van der Waals surface area (Å²) in [7, 11) is 0. The highest BCUT2D eigenvalue weighted by atomic mass is 19.1. The molecule has 0 amide bonds. The van der Waals surface area contributed by atoms with Crippen LogP contribution in [0.25, 0.3) is 0 Å². The Balaban J connectivity index is 2.11. The molecule has 4 heteroatoms. The van der Waals surface area contributed by atoms with Gasteiger partial charge in [0.15, 0.2) is 0 Å². The van der Waals surface area contributed by atoms with Gasteiger partial charge in [-0.25, -0.2) is 8.78 Å². The van der Waals surface area contributed by atoms with E-state index in [0.29, 0.717) is 17.9 Å². The number of hydrogen-bond acceptors (Lipinski definition) is 2. The van der Waals surface area contributed by atoms with Crippen LogP contribution < -0.4 is 5.73 Å². The molecular weight excluding hydrogens is 246 g/mol. The van der Waals surface area contributed by atoms with Gasteiger partial charge in [0.2, 0.25) is 0 Å². The van der Waals surface area contributed by atoms with Crippen LogP contribution in [0.15, 0.2) is 18.2 Å². The molecule has 0 spiro atoms. The van der Waals surface area contributed by atoms with Gasteiger partial charge in [-0.15, -0.1) is 0 Å². The van der Waals surface area contributed by atoms with Crippen molar-refractivity contribution in [2.24, 2.45) is 11.7 Å². The molecule has 2 nitrogen and oxygen atoms in total. The van der Waals surface area contributed by atoms with Crippen molar-refractivity contribution in [3.05, 3.63) is 35.4 Å². The zero-order chi connectivity index (χ0) is 14.0. The van der Waals surface area contributed by atoms with Gasteiger partial charge in [-0.2, -0.15) is 0 Å². The molecule has 1 saturated heterocycles. The van der Waals surface area contributed by atoms with Crippen LogP contribution in [0.4, 0.5) is 8.78 Å². The highest BCUT2D eigenvalue weighted by molar-refractivity contribution is 5.20. The standard InChI is InChI=1S/C15H22F2N2/c1-11-4-3-7-19(10-11)15(2,18)9-12-5-6-13(16)8-14(12)17/h5-6,8,11H,3-4,7,9-10,18H2,1-2H3. The van der Waals surface area contributed by atoms with Crippen LogP contribution in [0, 0.1) is 17.6 Å². The average molecular weight is 268 g/mol. The summed E-state index contributed by atoms with van der Waals surface area (Å²) >= 11 is 0. The van der Waals surface area contributed by atoms with Crippen LogP contribution in [0.1, 0.15) is 32.3 Å². The molecule has 1 aliphatic rings. The van der Waals surface area contributed by atoms with Crippen LogP contribution in [-0.4, -0.2) is 23.7 Å². The second kappa shape index (κ2) is 5.55. The molecule has 1 aliphatic heterocycles. The van der Waals surface area contributed by atoms with Crippen molar-refractivity contribution < 1.29 is 8.78 Å². The Kier molecular flexibility index (Phi) is 4.21. The Morgan fingerprint density at radius 1 is 1.42 bits per heavy atom. The normalized spacial score (nSPS) is 24.2. The molecule has 1 fully saturated rings. The smallest absolute Gasteiger partial charge is 0.129 e. The molecule has 0 saturated carbocycles. The summed E-state index contributed by atoms with van der Waals surface area (Å²) in [5.41, 5.74) is 6.24. The average Bonchev–Trinajstić information content (AvgIpc) is 2.33. The number of hydrogen-bond donors (Lipinski definition) is 1. The number of rotatable bonds is 3. The molecular formula is C15H22F2N2. The Bertz CT molecular complexity index is 446. The topological polar surface area (TPSA) is 29.3 Å². The van der Waals surface area contributed by atoms with E-state index in [9.17, 15) is 8.78 Å². The fraction of sp³-hybridized carbons (Fsp3) is 0.600. The van der Waals surface area contributed by atoms with Crippen molar-refractivity contribution in [3.63, 3.8) is 0 Å². The van der Waals surface area contributed by atoms with Gasteiger partial charge in [0.25, 0.3) is 0 Å². The number of piperidine rings is 1. The molecule has 1 aromatic carbocycles. The van der Waals surface area contributed by atoms with Crippen molar-refractivity contribution in [1.29, 1.82) is 0 Å². The maximum absolute atomic E-state index is 13.7. The SMILES string of the molecule is CC1CCCN(C(C)(N)Cc2ccc(F)cc2F)C1. The lowest BCUT2D eigenvalue weighted by molar-refractivity contribution is 0.0621. The third kappa shape index (κ3) is 3.51. The van der Waals surface area contributed by atoms with E-state index in [1.54, 1.807) is 0 Å². The zero-order valence-electron chi connectivity index (χ0n) is 11.6. The van der Waals surface area contributed by atoms with Crippen LogP contribution >= 0.6 is 0 Å². The van der Waals surface area contributed by atoms with Crippen LogP contribution in [0.5, 0.6) is 0 Å². The first-order chi connectivity index (χ1) is 8.88. The third-order valence-electron chi connectivity index (χ3n) is 3.94. The van der Waals surface area contributed by atoms with E-state index < -0.39 is 17.3 Å². The molecule has 2 rings (SSSR count). The van der Waals surface area contributed by atoms with Gasteiger partial charge in [-0.3, -0.25) is 4.90 Å². The van der Waals surface area contributed by atoms with Crippen molar-refractivity contribution in [2.75, 3.05) is 13.1 Å². The van der Waals surface area contributed by atoms with Crippen molar-refractivity contribution in [1.82, 2.24) is 4.90 Å². The Morgan fingerprint density at radius 3 is 2.79 bits per heavy atom.